The Balaban J connectivity index is 2.36. The highest BCUT2D eigenvalue weighted by Crippen LogP contribution is 2.22. The van der Waals surface area contributed by atoms with Crippen LogP contribution in [0.4, 0.5) is 0 Å². The van der Waals surface area contributed by atoms with Crippen LogP contribution in [0.15, 0.2) is 0 Å². The van der Waals surface area contributed by atoms with E-state index in [1.807, 2.05) is 11.9 Å². The average Bonchev–Trinajstić information content (AvgIpc) is 2.42. The van der Waals surface area contributed by atoms with Gasteiger partial charge < -0.3 is 15.4 Å². The predicted octanol–water partition coefficient (Wildman–Crippen LogP) is 2.02. The van der Waals surface area contributed by atoms with Crippen LogP contribution in [-0.2, 0) is 9.53 Å². The zero-order valence-electron chi connectivity index (χ0n) is 12.7. The van der Waals surface area contributed by atoms with Gasteiger partial charge in [-0.05, 0) is 44.1 Å². The van der Waals surface area contributed by atoms with Gasteiger partial charge in [0.05, 0.1) is 0 Å². The topological polar surface area (TPSA) is 55.6 Å². The van der Waals surface area contributed by atoms with Crippen LogP contribution in [-0.4, -0.2) is 43.7 Å². The van der Waals surface area contributed by atoms with Gasteiger partial charge in [-0.2, -0.15) is 0 Å². The van der Waals surface area contributed by atoms with Crippen molar-refractivity contribution in [2.75, 3.05) is 26.8 Å². The molecule has 1 atom stereocenters. The number of amides is 1. The molecule has 112 valence electrons. The van der Waals surface area contributed by atoms with Crippen molar-refractivity contribution in [1.29, 1.82) is 0 Å². The molecule has 4 nitrogen and oxygen atoms in total. The lowest BCUT2D eigenvalue weighted by molar-refractivity contribution is -0.134. The zero-order valence-corrected chi connectivity index (χ0v) is 12.7. The number of ether oxygens (including phenoxy) is 1. The fraction of sp³-hybridized carbons (Fsp3) is 0.933. The van der Waals surface area contributed by atoms with Gasteiger partial charge >= 0.3 is 0 Å². The van der Waals surface area contributed by atoms with E-state index in [0.717, 1.165) is 38.9 Å². The molecule has 1 heterocycles. The van der Waals surface area contributed by atoms with E-state index in [1.54, 1.807) is 0 Å². The zero-order chi connectivity index (χ0) is 14.3. The Morgan fingerprint density at radius 2 is 1.95 bits per heavy atom. The smallest absolute Gasteiger partial charge is 0.222 e. The van der Waals surface area contributed by atoms with Crippen LogP contribution in [0.3, 0.4) is 0 Å². The van der Waals surface area contributed by atoms with Crippen molar-refractivity contribution in [2.45, 2.75) is 52.0 Å². The quantitative estimate of drug-likeness (QED) is 0.770. The van der Waals surface area contributed by atoms with Crippen LogP contribution in [0.2, 0.25) is 0 Å². The van der Waals surface area contributed by atoms with Crippen LogP contribution in [0.1, 0.15) is 46.0 Å². The second-order valence-corrected chi connectivity index (χ2v) is 5.97. The summed E-state index contributed by atoms with van der Waals surface area (Å²) in [5, 5.41) is 0. The van der Waals surface area contributed by atoms with E-state index in [1.165, 1.54) is 0 Å². The van der Waals surface area contributed by atoms with Crippen LogP contribution in [0.25, 0.3) is 0 Å². The third-order valence-corrected chi connectivity index (χ3v) is 4.34. The molecule has 0 saturated carbocycles. The Morgan fingerprint density at radius 1 is 1.32 bits per heavy atom. The molecular formula is C15H30N2O2. The van der Waals surface area contributed by atoms with Crippen molar-refractivity contribution < 1.29 is 9.53 Å². The SMILES string of the molecule is CC(C)C(CCN)CCC(=O)N(C)C1CCOCC1. The number of rotatable bonds is 7. The second-order valence-electron chi connectivity index (χ2n) is 5.97. The maximum absolute atomic E-state index is 12.2. The predicted molar refractivity (Wildman–Crippen MR) is 77.8 cm³/mol. The van der Waals surface area contributed by atoms with Gasteiger partial charge in [0.1, 0.15) is 0 Å². The van der Waals surface area contributed by atoms with Gasteiger partial charge in [0, 0.05) is 32.7 Å². The van der Waals surface area contributed by atoms with Gasteiger partial charge in [-0.3, -0.25) is 4.79 Å². The molecule has 1 fully saturated rings. The van der Waals surface area contributed by atoms with E-state index in [9.17, 15) is 4.79 Å². The molecule has 1 amide bonds. The summed E-state index contributed by atoms with van der Waals surface area (Å²) in [6, 6.07) is 0.369. The van der Waals surface area contributed by atoms with Gasteiger partial charge in [-0.1, -0.05) is 13.8 Å². The molecule has 2 N–H and O–H groups in total. The minimum Gasteiger partial charge on any atom is -0.381 e. The minimum atomic E-state index is 0.273. The van der Waals surface area contributed by atoms with Crippen molar-refractivity contribution in [1.82, 2.24) is 4.90 Å². The lowest BCUT2D eigenvalue weighted by Gasteiger charge is -2.32. The molecular weight excluding hydrogens is 240 g/mol. The molecule has 0 aliphatic carbocycles. The maximum atomic E-state index is 12.2. The first kappa shape index (κ1) is 16.4. The van der Waals surface area contributed by atoms with Gasteiger partial charge in [0.15, 0.2) is 0 Å². The van der Waals surface area contributed by atoms with Gasteiger partial charge in [-0.25, -0.2) is 0 Å². The van der Waals surface area contributed by atoms with Crippen LogP contribution in [0.5, 0.6) is 0 Å². The Kier molecular flexibility index (Phi) is 7.39. The highest BCUT2D eigenvalue weighted by Gasteiger charge is 2.23. The molecule has 19 heavy (non-hydrogen) atoms. The Hall–Kier alpha value is -0.610. The van der Waals surface area contributed by atoms with Gasteiger partial charge in [-0.15, -0.1) is 0 Å². The molecule has 1 unspecified atom stereocenters. The number of nitrogens with zero attached hydrogens (tertiary/aromatic N) is 1. The summed E-state index contributed by atoms with van der Waals surface area (Å²) in [5.74, 6) is 1.44. The fourth-order valence-corrected chi connectivity index (χ4v) is 2.79. The van der Waals surface area contributed by atoms with E-state index in [4.69, 9.17) is 10.5 Å². The lowest BCUT2D eigenvalue weighted by atomic mass is 9.88. The molecule has 0 radical (unpaired) electrons. The Bertz CT molecular complexity index is 263. The molecule has 4 heteroatoms. The van der Waals surface area contributed by atoms with E-state index >= 15 is 0 Å². The van der Waals surface area contributed by atoms with E-state index in [-0.39, 0.29) is 5.91 Å². The van der Waals surface area contributed by atoms with Crippen LogP contribution < -0.4 is 5.73 Å². The van der Waals surface area contributed by atoms with E-state index < -0.39 is 0 Å². The molecule has 0 aromatic carbocycles. The normalized spacial score (nSPS) is 18.6. The minimum absolute atomic E-state index is 0.273. The Labute approximate surface area is 117 Å². The lowest BCUT2D eigenvalue weighted by Crippen LogP contribution is -2.40. The molecule has 1 saturated heterocycles. The standard InChI is InChI=1S/C15H30N2O2/c1-12(2)13(6-9-16)4-5-15(18)17(3)14-7-10-19-11-8-14/h12-14H,4-11,16H2,1-3H3. The molecule has 0 spiro atoms. The molecule has 1 aliphatic rings. The maximum Gasteiger partial charge on any atom is 0.222 e. The van der Waals surface area contributed by atoms with Crippen molar-refractivity contribution >= 4 is 5.91 Å². The van der Waals surface area contributed by atoms with Crippen LogP contribution >= 0.6 is 0 Å². The summed E-state index contributed by atoms with van der Waals surface area (Å²) in [7, 11) is 1.94. The molecule has 1 aliphatic heterocycles. The largest absolute Gasteiger partial charge is 0.381 e. The first-order valence-electron chi connectivity index (χ1n) is 7.59. The second kappa shape index (κ2) is 8.54. The fourth-order valence-electron chi connectivity index (χ4n) is 2.79. The number of carbonyl (C=O) groups is 1. The highest BCUT2D eigenvalue weighted by molar-refractivity contribution is 5.76. The Morgan fingerprint density at radius 3 is 2.47 bits per heavy atom. The third-order valence-electron chi connectivity index (χ3n) is 4.34. The third kappa shape index (κ3) is 5.49. The number of carbonyl (C=O) groups excluding carboxylic acids is 1. The van der Waals surface area contributed by atoms with Crippen molar-refractivity contribution in [2.24, 2.45) is 17.6 Å². The monoisotopic (exact) mass is 270 g/mol. The molecule has 1 rings (SSSR count). The summed E-state index contributed by atoms with van der Waals surface area (Å²) in [4.78, 5) is 14.2. The van der Waals surface area contributed by atoms with E-state index in [0.29, 0.717) is 30.8 Å². The summed E-state index contributed by atoms with van der Waals surface area (Å²) in [5.41, 5.74) is 5.64. The number of nitrogens with two attached hydrogens (primary N) is 1. The molecule has 0 aromatic rings. The number of hydrogen-bond donors (Lipinski definition) is 1. The first-order valence-corrected chi connectivity index (χ1v) is 7.59. The summed E-state index contributed by atoms with van der Waals surface area (Å²) < 4.78 is 5.34. The number of hydrogen-bond acceptors (Lipinski definition) is 3. The highest BCUT2D eigenvalue weighted by atomic mass is 16.5. The van der Waals surface area contributed by atoms with Crippen molar-refractivity contribution in [3.05, 3.63) is 0 Å². The summed E-state index contributed by atoms with van der Waals surface area (Å²) in [6.07, 6.45) is 4.57. The van der Waals surface area contributed by atoms with Gasteiger partial charge in [0.25, 0.3) is 0 Å². The van der Waals surface area contributed by atoms with Crippen molar-refractivity contribution in [3.8, 4) is 0 Å². The summed E-state index contributed by atoms with van der Waals surface area (Å²) in [6.45, 7) is 6.71. The van der Waals surface area contributed by atoms with Crippen molar-refractivity contribution in [3.63, 3.8) is 0 Å². The summed E-state index contributed by atoms with van der Waals surface area (Å²) >= 11 is 0. The average molecular weight is 270 g/mol. The molecule has 0 aromatic heterocycles. The van der Waals surface area contributed by atoms with E-state index in [2.05, 4.69) is 13.8 Å². The first-order chi connectivity index (χ1) is 9.06. The molecule has 0 bridgehead atoms. The van der Waals surface area contributed by atoms with Crippen LogP contribution in [0, 0.1) is 11.8 Å². The van der Waals surface area contributed by atoms with Gasteiger partial charge in [0.2, 0.25) is 5.91 Å².